The Morgan fingerprint density at radius 2 is 1.81 bits per heavy atom. The Morgan fingerprint density at radius 1 is 1.19 bits per heavy atom. The quantitative estimate of drug-likeness (QED) is 0.629. The van der Waals surface area contributed by atoms with Crippen LogP contribution < -0.4 is 0 Å². The largest absolute Gasteiger partial charge is 0.0893 e. The van der Waals surface area contributed by atoms with E-state index in [-0.39, 0.29) is 0 Å². The van der Waals surface area contributed by atoms with Gasteiger partial charge in [-0.15, -0.1) is 0 Å². The van der Waals surface area contributed by atoms with Crippen molar-refractivity contribution in [3.63, 3.8) is 0 Å². The minimum absolute atomic E-state index is 0.456. The van der Waals surface area contributed by atoms with Gasteiger partial charge in [-0.3, -0.25) is 0 Å². The molecule has 0 saturated heterocycles. The third kappa shape index (κ3) is 5.69. The summed E-state index contributed by atoms with van der Waals surface area (Å²) in [5.74, 6) is 0. The second-order valence-corrected chi connectivity index (χ2v) is 7.05. The topological polar surface area (TPSA) is 0 Å². The zero-order chi connectivity index (χ0) is 12.0. The molecule has 16 heavy (non-hydrogen) atoms. The number of hydrogen-bond acceptors (Lipinski definition) is 0. The SMILES string of the molecule is CC(Br)CC(C)(C)CCCc1ccccc1. The molecule has 0 N–H and O–H groups in total. The lowest BCUT2D eigenvalue weighted by Crippen LogP contribution is -2.15. The van der Waals surface area contributed by atoms with Crippen molar-refractivity contribution in [3.05, 3.63) is 35.9 Å². The molecule has 0 aromatic heterocycles. The van der Waals surface area contributed by atoms with Crippen molar-refractivity contribution in [2.45, 2.75) is 51.3 Å². The monoisotopic (exact) mass is 282 g/mol. The van der Waals surface area contributed by atoms with Crippen LogP contribution >= 0.6 is 15.9 Å². The van der Waals surface area contributed by atoms with Gasteiger partial charge >= 0.3 is 0 Å². The number of rotatable bonds is 6. The van der Waals surface area contributed by atoms with E-state index in [0.717, 1.165) is 0 Å². The minimum atomic E-state index is 0.456. The van der Waals surface area contributed by atoms with Gasteiger partial charge in [0.05, 0.1) is 0 Å². The molecule has 0 aliphatic rings. The van der Waals surface area contributed by atoms with E-state index in [1.807, 2.05) is 0 Å². The Kier molecular flexibility index (Phi) is 5.54. The highest BCUT2D eigenvalue weighted by atomic mass is 79.9. The standard InChI is InChI=1S/C15H23Br/c1-13(16)12-15(2,3)11-7-10-14-8-5-4-6-9-14/h4-6,8-9,13H,7,10-12H2,1-3H3. The summed E-state index contributed by atoms with van der Waals surface area (Å²) in [4.78, 5) is 0.624. The molecular weight excluding hydrogens is 260 g/mol. The highest BCUT2D eigenvalue weighted by molar-refractivity contribution is 9.09. The molecular formula is C15H23Br. The van der Waals surface area contributed by atoms with E-state index in [1.54, 1.807) is 0 Å². The van der Waals surface area contributed by atoms with E-state index >= 15 is 0 Å². The maximum atomic E-state index is 3.65. The van der Waals surface area contributed by atoms with Crippen LogP contribution in [-0.4, -0.2) is 4.83 Å². The first-order chi connectivity index (χ1) is 7.49. The molecule has 0 nitrogen and oxygen atoms in total. The zero-order valence-corrected chi connectivity index (χ0v) is 12.3. The van der Waals surface area contributed by atoms with Crippen molar-refractivity contribution in [1.29, 1.82) is 0 Å². The maximum Gasteiger partial charge on any atom is 0.0122 e. The van der Waals surface area contributed by atoms with Crippen LogP contribution in [0.4, 0.5) is 0 Å². The summed E-state index contributed by atoms with van der Waals surface area (Å²) in [7, 11) is 0. The first kappa shape index (κ1) is 13.8. The van der Waals surface area contributed by atoms with Crippen LogP contribution in [0, 0.1) is 5.41 Å². The number of aryl methyl sites for hydroxylation is 1. The molecule has 90 valence electrons. The number of halogens is 1. The number of alkyl halides is 1. The fourth-order valence-corrected chi connectivity index (χ4v) is 3.16. The van der Waals surface area contributed by atoms with Crippen molar-refractivity contribution >= 4 is 15.9 Å². The smallest absolute Gasteiger partial charge is 0.0122 e. The van der Waals surface area contributed by atoms with Gasteiger partial charge in [0.1, 0.15) is 0 Å². The molecule has 1 heteroatoms. The Hall–Kier alpha value is -0.300. The van der Waals surface area contributed by atoms with Crippen LogP contribution in [-0.2, 0) is 6.42 Å². The van der Waals surface area contributed by atoms with Crippen molar-refractivity contribution in [2.24, 2.45) is 5.41 Å². The Morgan fingerprint density at radius 3 is 2.38 bits per heavy atom. The molecule has 1 aromatic rings. The van der Waals surface area contributed by atoms with Crippen molar-refractivity contribution in [2.75, 3.05) is 0 Å². The summed E-state index contributed by atoms with van der Waals surface area (Å²) in [6, 6.07) is 10.8. The van der Waals surface area contributed by atoms with E-state index in [9.17, 15) is 0 Å². The molecule has 1 unspecified atom stereocenters. The zero-order valence-electron chi connectivity index (χ0n) is 10.7. The average molecular weight is 283 g/mol. The summed E-state index contributed by atoms with van der Waals surface area (Å²) in [5, 5.41) is 0. The summed E-state index contributed by atoms with van der Waals surface area (Å²) < 4.78 is 0. The van der Waals surface area contributed by atoms with Crippen molar-refractivity contribution in [3.8, 4) is 0 Å². The third-order valence-electron chi connectivity index (χ3n) is 3.00. The second kappa shape index (κ2) is 6.44. The van der Waals surface area contributed by atoms with Gasteiger partial charge in [0.2, 0.25) is 0 Å². The predicted molar refractivity (Wildman–Crippen MR) is 76.2 cm³/mol. The van der Waals surface area contributed by atoms with E-state index in [2.05, 4.69) is 67.0 Å². The molecule has 1 aromatic carbocycles. The van der Waals surface area contributed by atoms with Gasteiger partial charge < -0.3 is 0 Å². The molecule has 0 heterocycles. The van der Waals surface area contributed by atoms with Crippen LogP contribution in [0.1, 0.15) is 45.6 Å². The molecule has 0 radical (unpaired) electrons. The van der Waals surface area contributed by atoms with Crippen LogP contribution in [0.3, 0.4) is 0 Å². The molecule has 1 atom stereocenters. The first-order valence-electron chi connectivity index (χ1n) is 6.18. The Balaban J connectivity index is 2.30. The molecule has 0 aliphatic heterocycles. The van der Waals surface area contributed by atoms with E-state index in [0.29, 0.717) is 10.2 Å². The predicted octanol–water partition coefficient (Wildman–Crippen LogP) is 5.21. The van der Waals surface area contributed by atoms with E-state index in [4.69, 9.17) is 0 Å². The van der Waals surface area contributed by atoms with Gasteiger partial charge in [0.25, 0.3) is 0 Å². The molecule has 1 rings (SSSR count). The van der Waals surface area contributed by atoms with Crippen LogP contribution in [0.15, 0.2) is 30.3 Å². The maximum absolute atomic E-state index is 3.65. The summed E-state index contributed by atoms with van der Waals surface area (Å²) in [6.07, 6.45) is 5.05. The fraction of sp³-hybridized carbons (Fsp3) is 0.600. The molecule has 0 amide bonds. The Labute approximate surface area is 109 Å². The van der Waals surface area contributed by atoms with Crippen LogP contribution in [0.5, 0.6) is 0 Å². The number of benzene rings is 1. The van der Waals surface area contributed by atoms with Gasteiger partial charge in [-0.1, -0.05) is 67.0 Å². The lowest BCUT2D eigenvalue weighted by atomic mass is 9.82. The fourth-order valence-electron chi connectivity index (χ4n) is 2.28. The normalized spacial score (nSPS) is 13.8. The molecule has 0 aliphatic carbocycles. The van der Waals surface area contributed by atoms with Crippen molar-refractivity contribution < 1.29 is 0 Å². The van der Waals surface area contributed by atoms with Gasteiger partial charge in [-0.05, 0) is 36.7 Å². The van der Waals surface area contributed by atoms with Gasteiger partial charge in [-0.2, -0.15) is 0 Å². The Bertz CT molecular complexity index is 288. The summed E-state index contributed by atoms with van der Waals surface area (Å²) in [5.41, 5.74) is 1.92. The summed E-state index contributed by atoms with van der Waals surface area (Å²) >= 11 is 3.65. The van der Waals surface area contributed by atoms with Gasteiger partial charge in [0, 0.05) is 4.83 Å². The highest BCUT2D eigenvalue weighted by Crippen LogP contribution is 2.31. The lowest BCUT2D eigenvalue weighted by molar-refractivity contribution is 0.301. The van der Waals surface area contributed by atoms with E-state index < -0.39 is 0 Å². The van der Waals surface area contributed by atoms with Gasteiger partial charge in [-0.25, -0.2) is 0 Å². The number of hydrogen-bond donors (Lipinski definition) is 0. The molecule has 0 spiro atoms. The van der Waals surface area contributed by atoms with Gasteiger partial charge in [0.15, 0.2) is 0 Å². The highest BCUT2D eigenvalue weighted by Gasteiger charge is 2.19. The minimum Gasteiger partial charge on any atom is -0.0893 e. The lowest BCUT2D eigenvalue weighted by Gasteiger charge is -2.26. The second-order valence-electron chi connectivity index (χ2n) is 5.49. The third-order valence-corrected chi connectivity index (χ3v) is 3.32. The first-order valence-corrected chi connectivity index (χ1v) is 7.09. The summed E-state index contributed by atoms with van der Waals surface area (Å²) in [6.45, 7) is 6.98. The molecule has 0 saturated carbocycles. The molecule has 0 fully saturated rings. The van der Waals surface area contributed by atoms with Crippen LogP contribution in [0.25, 0.3) is 0 Å². The van der Waals surface area contributed by atoms with E-state index in [1.165, 1.54) is 31.2 Å². The average Bonchev–Trinajstić information content (AvgIpc) is 2.16. The van der Waals surface area contributed by atoms with Crippen LogP contribution in [0.2, 0.25) is 0 Å². The van der Waals surface area contributed by atoms with Crippen molar-refractivity contribution in [1.82, 2.24) is 0 Å². The molecule has 0 bridgehead atoms.